The SMILES string of the molecule is COCCNCCNC(=O)c1cc(F)cc([N+](=O)[O-])c1Br. The van der Waals surface area contributed by atoms with Gasteiger partial charge in [0.15, 0.2) is 0 Å². The molecule has 116 valence electrons. The van der Waals surface area contributed by atoms with Crippen molar-refractivity contribution in [3.63, 3.8) is 0 Å². The number of methoxy groups -OCH3 is 1. The van der Waals surface area contributed by atoms with Crippen LogP contribution in [-0.2, 0) is 4.74 Å². The Hall–Kier alpha value is -1.58. The number of rotatable bonds is 8. The van der Waals surface area contributed by atoms with E-state index in [-0.39, 0.29) is 10.0 Å². The van der Waals surface area contributed by atoms with E-state index in [1.165, 1.54) is 0 Å². The van der Waals surface area contributed by atoms with Crippen molar-refractivity contribution in [1.82, 2.24) is 10.6 Å². The first-order chi connectivity index (χ1) is 9.97. The molecule has 0 bridgehead atoms. The molecular weight excluding hydrogens is 349 g/mol. The molecule has 0 saturated carbocycles. The van der Waals surface area contributed by atoms with Crippen LogP contribution in [0.1, 0.15) is 10.4 Å². The number of halogens is 2. The minimum atomic E-state index is -0.840. The molecule has 0 radical (unpaired) electrons. The third-order valence-electron chi connectivity index (χ3n) is 2.53. The van der Waals surface area contributed by atoms with E-state index < -0.39 is 22.3 Å². The van der Waals surface area contributed by atoms with E-state index in [2.05, 4.69) is 26.6 Å². The fourth-order valence-electron chi connectivity index (χ4n) is 1.53. The van der Waals surface area contributed by atoms with Gasteiger partial charge in [-0.05, 0) is 22.0 Å². The average Bonchev–Trinajstić information content (AvgIpc) is 2.44. The smallest absolute Gasteiger partial charge is 0.287 e. The highest BCUT2D eigenvalue weighted by Gasteiger charge is 2.21. The zero-order valence-electron chi connectivity index (χ0n) is 11.3. The van der Waals surface area contributed by atoms with Crippen LogP contribution in [0.25, 0.3) is 0 Å². The van der Waals surface area contributed by atoms with E-state index in [9.17, 15) is 19.3 Å². The van der Waals surface area contributed by atoms with Gasteiger partial charge in [0.1, 0.15) is 10.3 Å². The number of ether oxygens (including phenoxy) is 1. The van der Waals surface area contributed by atoms with Gasteiger partial charge in [-0.25, -0.2) is 4.39 Å². The summed E-state index contributed by atoms with van der Waals surface area (Å²) in [6, 6.07) is 1.71. The van der Waals surface area contributed by atoms with Crippen LogP contribution in [0, 0.1) is 15.9 Å². The molecule has 1 amide bonds. The number of carbonyl (C=O) groups excluding carboxylic acids is 1. The maximum Gasteiger partial charge on any atom is 0.287 e. The molecule has 9 heteroatoms. The van der Waals surface area contributed by atoms with Crippen molar-refractivity contribution in [2.24, 2.45) is 0 Å². The molecule has 21 heavy (non-hydrogen) atoms. The fourth-order valence-corrected chi connectivity index (χ4v) is 2.09. The first-order valence-electron chi connectivity index (χ1n) is 6.08. The highest BCUT2D eigenvalue weighted by atomic mass is 79.9. The molecule has 0 aliphatic carbocycles. The summed E-state index contributed by atoms with van der Waals surface area (Å²) in [7, 11) is 1.58. The Balaban J connectivity index is 2.64. The third-order valence-corrected chi connectivity index (χ3v) is 3.36. The zero-order chi connectivity index (χ0) is 15.8. The molecule has 0 aromatic heterocycles. The number of nitrogens with zero attached hydrogens (tertiary/aromatic N) is 1. The van der Waals surface area contributed by atoms with Crippen LogP contribution < -0.4 is 10.6 Å². The summed E-state index contributed by atoms with van der Waals surface area (Å²) in [5.41, 5.74) is -0.600. The van der Waals surface area contributed by atoms with E-state index in [4.69, 9.17) is 4.74 Å². The minimum absolute atomic E-state index is 0.0428. The van der Waals surface area contributed by atoms with Crippen LogP contribution >= 0.6 is 15.9 Å². The largest absolute Gasteiger partial charge is 0.383 e. The number of nitrogens with one attached hydrogen (secondary N) is 2. The van der Waals surface area contributed by atoms with Gasteiger partial charge in [-0.1, -0.05) is 0 Å². The highest BCUT2D eigenvalue weighted by Crippen LogP contribution is 2.29. The van der Waals surface area contributed by atoms with Gasteiger partial charge in [-0.3, -0.25) is 14.9 Å². The second kappa shape index (κ2) is 8.65. The van der Waals surface area contributed by atoms with E-state index in [0.29, 0.717) is 26.2 Å². The molecule has 2 N–H and O–H groups in total. The number of nitro benzene ring substituents is 1. The summed E-state index contributed by atoms with van der Waals surface area (Å²) in [5, 5.41) is 16.3. The van der Waals surface area contributed by atoms with Crippen molar-refractivity contribution in [2.45, 2.75) is 0 Å². The molecule has 0 aliphatic rings. The van der Waals surface area contributed by atoms with E-state index in [1.807, 2.05) is 0 Å². The number of hydrogen-bond acceptors (Lipinski definition) is 5. The predicted molar refractivity (Wildman–Crippen MR) is 77.8 cm³/mol. The van der Waals surface area contributed by atoms with Gasteiger partial charge < -0.3 is 15.4 Å². The van der Waals surface area contributed by atoms with Gasteiger partial charge in [-0.15, -0.1) is 0 Å². The van der Waals surface area contributed by atoms with Gasteiger partial charge in [-0.2, -0.15) is 0 Å². The molecular formula is C12H15BrFN3O4. The van der Waals surface area contributed by atoms with E-state index in [0.717, 1.165) is 12.1 Å². The van der Waals surface area contributed by atoms with Gasteiger partial charge in [0.2, 0.25) is 0 Å². The fraction of sp³-hybridized carbons (Fsp3) is 0.417. The second-order valence-electron chi connectivity index (χ2n) is 4.04. The van der Waals surface area contributed by atoms with Gasteiger partial charge in [0.05, 0.1) is 23.2 Å². The Morgan fingerprint density at radius 1 is 1.43 bits per heavy atom. The number of hydrogen-bond donors (Lipinski definition) is 2. The lowest BCUT2D eigenvalue weighted by Crippen LogP contribution is -2.33. The van der Waals surface area contributed by atoms with Crippen molar-refractivity contribution in [1.29, 1.82) is 0 Å². The molecule has 0 spiro atoms. The average molecular weight is 364 g/mol. The molecule has 0 fully saturated rings. The Morgan fingerprint density at radius 2 is 2.14 bits per heavy atom. The van der Waals surface area contributed by atoms with Gasteiger partial charge in [0.25, 0.3) is 11.6 Å². The maximum atomic E-state index is 13.3. The first kappa shape index (κ1) is 17.5. The molecule has 0 saturated heterocycles. The Bertz CT molecular complexity index is 527. The number of benzene rings is 1. The Morgan fingerprint density at radius 3 is 2.76 bits per heavy atom. The molecule has 1 aromatic carbocycles. The second-order valence-corrected chi connectivity index (χ2v) is 4.84. The molecule has 1 aromatic rings. The molecule has 1 rings (SSSR count). The third kappa shape index (κ3) is 5.37. The van der Waals surface area contributed by atoms with E-state index >= 15 is 0 Å². The molecule has 0 heterocycles. The predicted octanol–water partition coefficient (Wildman–Crippen LogP) is 1.46. The lowest BCUT2D eigenvalue weighted by Gasteiger charge is -2.08. The monoisotopic (exact) mass is 363 g/mol. The number of nitro groups is 1. The molecule has 7 nitrogen and oxygen atoms in total. The number of amides is 1. The summed E-state index contributed by atoms with van der Waals surface area (Å²) in [4.78, 5) is 21.9. The van der Waals surface area contributed by atoms with Crippen molar-refractivity contribution >= 4 is 27.5 Å². The zero-order valence-corrected chi connectivity index (χ0v) is 12.9. The normalized spacial score (nSPS) is 10.4. The van der Waals surface area contributed by atoms with Gasteiger partial charge in [0, 0.05) is 26.7 Å². The summed E-state index contributed by atoms with van der Waals surface area (Å²) in [6.07, 6.45) is 0. The van der Waals surface area contributed by atoms with Crippen LogP contribution in [0.4, 0.5) is 10.1 Å². The maximum absolute atomic E-state index is 13.3. The van der Waals surface area contributed by atoms with Crippen molar-refractivity contribution in [2.75, 3.05) is 33.4 Å². The van der Waals surface area contributed by atoms with Crippen molar-refractivity contribution < 1.29 is 18.8 Å². The Kier molecular flexibility index (Phi) is 7.20. The lowest BCUT2D eigenvalue weighted by atomic mass is 10.2. The summed E-state index contributed by atoms with van der Waals surface area (Å²) in [5.74, 6) is -1.42. The molecule has 0 atom stereocenters. The Labute approximate surface area is 129 Å². The van der Waals surface area contributed by atoms with Gasteiger partial charge >= 0.3 is 0 Å². The number of carbonyl (C=O) groups is 1. The van der Waals surface area contributed by atoms with Crippen molar-refractivity contribution in [3.8, 4) is 0 Å². The lowest BCUT2D eigenvalue weighted by molar-refractivity contribution is -0.385. The van der Waals surface area contributed by atoms with Crippen LogP contribution in [0.15, 0.2) is 16.6 Å². The molecule has 0 unspecified atom stereocenters. The summed E-state index contributed by atoms with van der Waals surface area (Å²) >= 11 is 2.96. The van der Waals surface area contributed by atoms with Crippen LogP contribution in [0.3, 0.4) is 0 Å². The quantitative estimate of drug-likeness (QED) is 0.414. The first-order valence-corrected chi connectivity index (χ1v) is 6.88. The standard InChI is InChI=1S/C12H15BrFN3O4/c1-21-5-4-15-2-3-16-12(18)9-6-8(14)7-10(11(9)13)17(19)20/h6-7,15H,2-5H2,1H3,(H,16,18). The van der Waals surface area contributed by atoms with Crippen molar-refractivity contribution in [3.05, 3.63) is 38.1 Å². The van der Waals surface area contributed by atoms with Crippen LogP contribution in [0.2, 0.25) is 0 Å². The molecule has 0 aliphatic heterocycles. The van der Waals surface area contributed by atoms with E-state index in [1.54, 1.807) is 7.11 Å². The minimum Gasteiger partial charge on any atom is -0.383 e. The van der Waals surface area contributed by atoms with Crippen LogP contribution in [0.5, 0.6) is 0 Å². The topological polar surface area (TPSA) is 93.5 Å². The van der Waals surface area contributed by atoms with Crippen LogP contribution in [-0.4, -0.2) is 44.2 Å². The summed E-state index contributed by atoms with van der Waals surface area (Å²) < 4.78 is 18.1. The highest BCUT2D eigenvalue weighted by molar-refractivity contribution is 9.10. The summed E-state index contributed by atoms with van der Waals surface area (Å²) in [6.45, 7) is 2.00.